The Morgan fingerprint density at radius 1 is 1.15 bits per heavy atom. The van der Waals surface area contributed by atoms with E-state index in [4.69, 9.17) is 17.1 Å². The van der Waals surface area contributed by atoms with Gasteiger partial charge in [0.25, 0.3) is 11.5 Å². The predicted octanol–water partition coefficient (Wildman–Crippen LogP) is 3.70. The second-order valence-corrected chi connectivity index (χ2v) is 14.3. The van der Waals surface area contributed by atoms with E-state index in [0.717, 1.165) is 31.0 Å². The van der Waals surface area contributed by atoms with Crippen molar-refractivity contribution in [2.75, 3.05) is 59.8 Å². The van der Waals surface area contributed by atoms with Crippen LogP contribution in [0.25, 0.3) is 11.3 Å². The summed E-state index contributed by atoms with van der Waals surface area (Å²) in [6.07, 6.45) is 3.02. The number of nitrogens with one attached hydrogen (secondary N) is 2. The molecule has 1 aliphatic carbocycles. The number of pyridine rings is 1. The second kappa shape index (κ2) is 13.8. The van der Waals surface area contributed by atoms with Crippen molar-refractivity contribution in [3.8, 4) is 11.3 Å². The Labute approximate surface area is 326 Å². The lowest BCUT2D eigenvalue weighted by atomic mass is 9.90. The van der Waals surface area contributed by atoms with Crippen molar-refractivity contribution in [3.63, 3.8) is 0 Å². The van der Waals surface area contributed by atoms with E-state index in [-0.39, 0.29) is 66.1 Å². The van der Waals surface area contributed by atoms with Gasteiger partial charge in [-0.05, 0) is 67.2 Å². The molecular weight excluding hydrogens is 686 g/mol. The van der Waals surface area contributed by atoms with Crippen LogP contribution < -0.4 is 26.0 Å². The zero-order valence-corrected chi connectivity index (χ0v) is 29.8. The summed E-state index contributed by atoms with van der Waals surface area (Å²) in [4.78, 5) is 55.5. The number of benzene rings is 1. The Morgan fingerprint density at radius 3 is 2.72 bits per heavy atom. The summed E-state index contributed by atoms with van der Waals surface area (Å²) in [6.45, 7) is 0.281. The van der Waals surface area contributed by atoms with Crippen molar-refractivity contribution in [3.05, 3.63) is 88.2 Å². The fourth-order valence-electron chi connectivity index (χ4n) is 7.96. The number of hydrogen-bond acceptors (Lipinski definition) is 10. The quantitative estimate of drug-likeness (QED) is 0.217. The van der Waals surface area contributed by atoms with Crippen molar-refractivity contribution in [2.45, 2.75) is 58.7 Å². The smallest absolute Gasteiger partial charge is 0.293 e. The van der Waals surface area contributed by atoms with E-state index in [1.54, 1.807) is 22.8 Å². The van der Waals surface area contributed by atoms with Gasteiger partial charge in [-0.15, -0.1) is 0 Å². The first-order chi connectivity index (χ1) is 29.7. The third kappa shape index (κ3) is 6.37. The molecule has 8 rings (SSSR count). The van der Waals surface area contributed by atoms with Crippen LogP contribution in [0.4, 0.5) is 28.7 Å². The SMILES string of the molecule is [2H]C([2H])([2H])n1cc(-c2ccnc(N3CCn4c(cc5c4CC(C([2H])([2H])[2H])(C([2H])([2H])[2H])C5)C3=O)c2CO)nc(Nc2ccc(N3CCN(C4COC4)CC3C)c(NC(=O)C=C)c2)c1=O. The van der Waals surface area contributed by atoms with Crippen LogP contribution in [0.2, 0.25) is 0 Å². The van der Waals surface area contributed by atoms with Crippen molar-refractivity contribution in [1.82, 2.24) is 24.0 Å². The Hall–Kier alpha value is -5.31. The van der Waals surface area contributed by atoms with E-state index in [0.29, 0.717) is 53.0 Å². The number of aromatic nitrogens is 4. The summed E-state index contributed by atoms with van der Waals surface area (Å²) in [6, 6.07) is 8.54. The molecule has 0 radical (unpaired) electrons. The monoisotopic (exact) mass is 742 g/mol. The van der Waals surface area contributed by atoms with E-state index in [9.17, 15) is 19.5 Å². The first kappa shape index (κ1) is 26.5. The van der Waals surface area contributed by atoms with Gasteiger partial charge in [0.2, 0.25) is 5.91 Å². The summed E-state index contributed by atoms with van der Waals surface area (Å²) in [5.41, 5.74) is -0.149. The third-order valence-electron chi connectivity index (χ3n) is 10.7. The Bertz CT molecular complexity index is 2530. The number of piperazine rings is 1. The van der Waals surface area contributed by atoms with Crippen LogP contribution in [0, 0.1) is 5.41 Å². The molecule has 0 bridgehead atoms. The number of carbonyl (C=O) groups excluding carboxylic acids is 2. The summed E-state index contributed by atoms with van der Waals surface area (Å²) in [7, 11) is 0. The summed E-state index contributed by atoms with van der Waals surface area (Å²) in [5, 5.41) is 16.6. The third-order valence-corrected chi connectivity index (χ3v) is 10.7. The highest BCUT2D eigenvalue weighted by atomic mass is 16.5. The summed E-state index contributed by atoms with van der Waals surface area (Å²) >= 11 is 0. The number of anilines is 5. The van der Waals surface area contributed by atoms with Crippen LogP contribution in [0.1, 0.15) is 60.3 Å². The molecule has 1 unspecified atom stereocenters. The molecule has 14 nitrogen and oxygen atoms in total. The molecule has 2 amide bonds. The number of aliphatic hydroxyl groups is 1. The van der Waals surface area contributed by atoms with Gasteiger partial charge < -0.3 is 34.5 Å². The molecule has 4 aliphatic rings. The molecule has 1 aromatic carbocycles. The normalized spacial score (nSPS) is 22.8. The average Bonchev–Trinajstić information content (AvgIpc) is 3.76. The molecule has 14 heteroatoms. The highest BCUT2D eigenvalue weighted by Crippen LogP contribution is 2.40. The van der Waals surface area contributed by atoms with Gasteiger partial charge in [0.15, 0.2) is 5.82 Å². The van der Waals surface area contributed by atoms with Gasteiger partial charge in [-0.25, -0.2) is 9.97 Å². The molecule has 6 heterocycles. The summed E-state index contributed by atoms with van der Waals surface area (Å²) < 4.78 is 80.9. The molecule has 3 aliphatic heterocycles. The Kier molecular flexibility index (Phi) is 6.78. The van der Waals surface area contributed by atoms with Crippen molar-refractivity contribution in [1.29, 1.82) is 0 Å². The molecule has 4 aromatic rings. The van der Waals surface area contributed by atoms with Crippen LogP contribution in [0.15, 0.2) is 60.2 Å². The van der Waals surface area contributed by atoms with Gasteiger partial charge in [0.1, 0.15) is 11.5 Å². The van der Waals surface area contributed by atoms with Gasteiger partial charge in [0.05, 0.1) is 42.9 Å². The highest BCUT2D eigenvalue weighted by molar-refractivity contribution is 6.06. The fourth-order valence-corrected chi connectivity index (χ4v) is 7.96. The fraction of sp³-hybridized carbons (Fsp3) is 0.425. The largest absolute Gasteiger partial charge is 0.392 e. The molecule has 282 valence electrons. The van der Waals surface area contributed by atoms with Gasteiger partial charge in [-0.1, -0.05) is 20.3 Å². The molecule has 2 fully saturated rings. The van der Waals surface area contributed by atoms with Crippen molar-refractivity contribution < 1.29 is 31.8 Å². The lowest BCUT2D eigenvalue weighted by Crippen LogP contribution is -2.59. The number of aryl methyl sites for hydroxylation is 1. The van der Waals surface area contributed by atoms with Crippen LogP contribution in [0.5, 0.6) is 0 Å². The van der Waals surface area contributed by atoms with Crippen molar-refractivity contribution in [2.24, 2.45) is 12.4 Å². The minimum absolute atomic E-state index is 0.0185. The first-order valence-electron chi connectivity index (χ1n) is 22.3. The number of ether oxygens (including phenoxy) is 1. The standard InChI is InChI=1S/C40H47N9O5/c1-6-35(51)43-30-16-26(7-8-32(30)47-12-11-46(19-24(47)2)27-22-54-23-27)42-36-39(53)45(5)20-31(44-36)28-9-10-41-37(29(28)21-50)49-14-13-48-33(38(49)52)15-25-17-40(3,4)18-34(25)48/h6-10,15-16,20,24,27,50H,1,11-14,17-19,21-23H2,2-5H3,(H,42,44)(H,43,51)/i3D3,4D3,5D3. The molecule has 54 heavy (non-hydrogen) atoms. The van der Waals surface area contributed by atoms with Gasteiger partial charge in [-0.3, -0.25) is 24.2 Å². The minimum Gasteiger partial charge on any atom is -0.392 e. The lowest BCUT2D eigenvalue weighted by molar-refractivity contribution is -0.111. The van der Waals surface area contributed by atoms with Crippen LogP contribution in [-0.4, -0.2) is 92.4 Å². The zero-order chi connectivity index (χ0) is 45.4. The zero-order valence-electron chi connectivity index (χ0n) is 38.8. The molecule has 1 atom stereocenters. The molecule has 0 saturated carbocycles. The van der Waals surface area contributed by atoms with E-state index >= 15 is 0 Å². The molecule has 3 aromatic heterocycles. The van der Waals surface area contributed by atoms with E-state index in [1.807, 2.05) is 0 Å². The number of rotatable bonds is 9. The van der Waals surface area contributed by atoms with Crippen LogP contribution in [-0.2, 0) is 42.5 Å². The predicted molar refractivity (Wildman–Crippen MR) is 207 cm³/mol. The molecular formula is C40H47N9O5. The van der Waals surface area contributed by atoms with E-state index in [2.05, 4.69) is 43.9 Å². The van der Waals surface area contributed by atoms with Gasteiger partial charge in [0, 0.05) is 93.0 Å². The van der Waals surface area contributed by atoms with Crippen LogP contribution in [0.3, 0.4) is 0 Å². The minimum atomic E-state index is -2.97. The number of nitrogens with zero attached hydrogens (tertiary/aromatic N) is 7. The average molecular weight is 743 g/mol. The topological polar surface area (TPSA) is 150 Å². The second-order valence-electron chi connectivity index (χ2n) is 14.3. The molecule has 0 spiro atoms. The Balaban J connectivity index is 1.12. The maximum atomic E-state index is 14.2. The molecule has 3 N–H and O–H groups in total. The molecule has 2 saturated heterocycles. The van der Waals surface area contributed by atoms with Crippen molar-refractivity contribution >= 4 is 40.5 Å². The first-order valence-corrected chi connectivity index (χ1v) is 17.8. The number of carbonyl (C=O) groups is 2. The highest BCUT2D eigenvalue weighted by Gasteiger charge is 2.38. The lowest BCUT2D eigenvalue weighted by Gasteiger charge is -2.46. The number of amides is 2. The van der Waals surface area contributed by atoms with E-state index < -0.39 is 50.1 Å². The van der Waals surface area contributed by atoms with Crippen LogP contribution >= 0.6 is 0 Å². The number of aliphatic hydroxyl groups excluding tert-OH is 1. The number of hydrogen-bond donors (Lipinski definition) is 3. The van der Waals surface area contributed by atoms with E-state index in [1.165, 1.54) is 23.2 Å². The maximum absolute atomic E-state index is 14.2. The van der Waals surface area contributed by atoms with Gasteiger partial charge >= 0.3 is 0 Å². The maximum Gasteiger partial charge on any atom is 0.293 e. The Morgan fingerprint density at radius 2 is 2.00 bits per heavy atom. The van der Waals surface area contributed by atoms with Gasteiger partial charge in [-0.2, -0.15) is 0 Å². The number of fused-ring (bicyclic) bond motifs is 3. The summed E-state index contributed by atoms with van der Waals surface area (Å²) in [5.74, 6) is -1.33.